The Hall–Kier alpha value is -2.95. The van der Waals surface area contributed by atoms with Gasteiger partial charge in [-0.15, -0.1) is 0 Å². The monoisotopic (exact) mass is 404 g/mol. The average Bonchev–Trinajstić information content (AvgIpc) is 2.71. The normalized spacial score (nSPS) is 24.1. The van der Waals surface area contributed by atoms with Crippen LogP contribution >= 0.6 is 0 Å². The van der Waals surface area contributed by atoms with Crippen molar-refractivity contribution in [1.82, 2.24) is 14.9 Å². The topological polar surface area (TPSA) is 160 Å². The number of hydrogen-bond donors (Lipinski definition) is 5. The van der Waals surface area contributed by atoms with Gasteiger partial charge in [0.15, 0.2) is 0 Å². The maximum atomic E-state index is 12.5. The first-order valence-corrected chi connectivity index (χ1v) is 9.32. The zero-order valence-corrected chi connectivity index (χ0v) is 15.7. The summed E-state index contributed by atoms with van der Waals surface area (Å²) >= 11 is 0. The Kier molecular flexibility index (Phi) is 6.47. The molecular formula is C19H24N4O6. The summed E-state index contributed by atoms with van der Waals surface area (Å²) in [7, 11) is 0. The van der Waals surface area contributed by atoms with E-state index in [0.29, 0.717) is 37.3 Å². The number of aliphatic hydroxyl groups is 2. The highest BCUT2D eigenvalue weighted by Gasteiger charge is 2.39. The van der Waals surface area contributed by atoms with Gasteiger partial charge >= 0.3 is 5.69 Å². The summed E-state index contributed by atoms with van der Waals surface area (Å²) in [5, 5.41) is 23.7. The second-order valence-corrected chi connectivity index (χ2v) is 6.88. The van der Waals surface area contributed by atoms with Gasteiger partial charge in [-0.25, -0.2) is 4.79 Å². The van der Waals surface area contributed by atoms with Crippen molar-refractivity contribution in [3.05, 3.63) is 62.9 Å². The molecule has 156 valence electrons. The molecule has 0 aliphatic heterocycles. The zero-order chi connectivity index (χ0) is 21.0. The van der Waals surface area contributed by atoms with Crippen LogP contribution in [0.2, 0.25) is 0 Å². The molecule has 29 heavy (non-hydrogen) atoms. The van der Waals surface area contributed by atoms with Crippen LogP contribution in [-0.4, -0.2) is 57.1 Å². The van der Waals surface area contributed by atoms with Gasteiger partial charge in [0.25, 0.3) is 11.5 Å². The van der Waals surface area contributed by atoms with Gasteiger partial charge in [0, 0.05) is 24.4 Å². The van der Waals surface area contributed by atoms with Crippen molar-refractivity contribution in [2.45, 2.75) is 37.1 Å². The number of aromatic amines is 1. The molecule has 0 bridgehead atoms. The van der Waals surface area contributed by atoms with Gasteiger partial charge in [0.1, 0.15) is 24.6 Å². The fourth-order valence-electron chi connectivity index (χ4n) is 3.44. The molecule has 6 N–H and O–H groups in total. The third-order valence-corrected chi connectivity index (χ3v) is 4.96. The smallest absolute Gasteiger partial charge is 0.328 e. The number of nitrogens with two attached hydrogens (primary N) is 1. The number of aromatic nitrogens is 2. The van der Waals surface area contributed by atoms with Crippen LogP contribution in [0.25, 0.3) is 0 Å². The number of H-pyrrole nitrogens is 1. The number of ether oxygens (including phenoxy) is 1. The molecule has 0 saturated heterocycles. The third-order valence-electron chi connectivity index (χ3n) is 4.96. The molecule has 1 heterocycles. The summed E-state index contributed by atoms with van der Waals surface area (Å²) in [6.07, 6.45) is -0.596. The van der Waals surface area contributed by atoms with Crippen LogP contribution in [0.1, 0.15) is 29.2 Å². The largest absolute Gasteiger partial charge is 0.492 e. The molecule has 10 heteroatoms. The van der Waals surface area contributed by atoms with Crippen molar-refractivity contribution in [2.75, 3.05) is 13.2 Å². The Morgan fingerprint density at radius 2 is 1.90 bits per heavy atom. The minimum atomic E-state index is -1.29. The van der Waals surface area contributed by atoms with Gasteiger partial charge in [0.05, 0.1) is 12.1 Å². The Morgan fingerprint density at radius 1 is 1.17 bits per heavy atom. The van der Waals surface area contributed by atoms with E-state index in [9.17, 15) is 24.6 Å². The van der Waals surface area contributed by atoms with E-state index >= 15 is 0 Å². The van der Waals surface area contributed by atoms with E-state index < -0.39 is 41.4 Å². The number of nitrogens with zero attached hydrogens (tertiary/aromatic N) is 1. The Bertz CT molecular complexity index is 954. The van der Waals surface area contributed by atoms with E-state index in [1.807, 2.05) is 0 Å². The van der Waals surface area contributed by atoms with Gasteiger partial charge in [-0.2, -0.15) is 0 Å². The Morgan fingerprint density at radius 3 is 2.55 bits per heavy atom. The van der Waals surface area contributed by atoms with Crippen LogP contribution in [0.5, 0.6) is 5.75 Å². The molecule has 0 spiro atoms. The lowest BCUT2D eigenvalue weighted by Crippen LogP contribution is -2.55. The zero-order valence-electron chi connectivity index (χ0n) is 15.7. The van der Waals surface area contributed by atoms with Gasteiger partial charge < -0.3 is 26.0 Å². The fraction of sp³-hybridized carbons (Fsp3) is 0.421. The number of rotatable bonds is 6. The number of carbonyl (C=O) groups is 1. The van der Waals surface area contributed by atoms with Crippen LogP contribution < -0.4 is 27.0 Å². The molecule has 10 nitrogen and oxygen atoms in total. The van der Waals surface area contributed by atoms with Crippen molar-refractivity contribution in [3.63, 3.8) is 0 Å². The van der Waals surface area contributed by atoms with Crippen LogP contribution in [0.3, 0.4) is 0 Å². The lowest BCUT2D eigenvalue weighted by atomic mass is 9.85. The minimum absolute atomic E-state index is 0.334. The molecule has 1 aliphatic carbocycles. The fourth-order valence-corrected chi connectivity index (χ4v) is 3.44. The highest BCUT2D eigenvalue weighted by atomic mass is 16.5. The average molecular weight is 404 g/mol. The molecule has 1 saturated carbocycles. The molecular weight excluding hydrogens is 380 g/mol. The van der Waals surface area contributed by atoms with Crippen molar-refractivity contribution < 1.29 is 19.7 Å². The number of nitrogens with one attached hydrogen (secondary N) is 2. The number of amides is 1. The molecule has 1 aromatic carbocycles. The summed E-state index contributed by atoms with van der Waals surface area (Å²) < 4.78 is 6.55. The van der Waals surface area contributed by atoms with Crippen LogP contribution in [-0.2, 0) is 0 Å². The first-order chi connectivity index (χ1) is 13.9. The molecule has 1 aromatic heterocycles. The Labute approximate surface area is 165 Å². The second kappa shape index (κ2) is 9.03. The highest BCUT2D eigenvalue weighted by Crippen LogP contribution is 2.28. The lowest BCUT2D eigenvalue weighted by Gasteiger charge is -2.38. The van der Waals surface area contributed by atoms with E-state index in [1.165, 1.54) is 16.8 Å². The molecule has 0 unspecified atom stereocenters. The molecule has 0 radical (unpaired) electrons. The third kappa shape index (κ3) is 4.73. The van der Waals surface area contributed by atoms with Gasteiger partial charge in [-0.3, -0.25) is 19.1 Å². The van der Waals surface area contributed by atoms with E-state index in [-0.39, 0.29) is 0 Å². The number of benzene rings is 1. The molecule has 1 fully saturated rings. The van der Waals surface area contributed by atoms with Gasteiger partial charge in [-0.05, 0) is 37.1 Å². The molecule has 4 atom stereocenters. The number of carbonyl (C=O) groups excluding carboxylic acids is 1. The highest BCUT2D eigenvalue weighted by molar-refractivity contribution is 5.94. The minimum Gasteiger partial charge on any atom is -0.492 e. The Balaban J connectivity index is 1.65. The summed E-state index contributed by atoms with van der Waals surface area (Å²) in [5.41, 5.74) is 4.56. The van der Waals surface area contributed by atoms with Crippen LogP contribution in [0.4, 0.5) is 0 Å². The van der Waals surface area contributed by atoms with Gasteiger partial charge in [0.2, 0.25) is 0 Å². The molecule has 3 rings (SSSR count). The van der Waals surface area contributed by atoms with Gasteiger partial charge in [-0.1, -0.05) is 0 Å². The second-order valence-electron chi connectivity index (χ2n) is 6.88. The SMILES string of the molecule is NCCOc1ccc(C(=O)N[C@@H]2CC[C@@H](n3ccc(=O)[nH]c3=O)[C@@H](O)[C@@H]2O)cc1. The summed E-state index contributed by atoms with van der Waals surface area (Å²) in [5.74, 6) is 0.195. The predicted octanol–water partition coefficient (Wildman–Crippen LogP) is -1.27. The predicted molar refractivity (Wildman–Crippen MR) is 104 cm³/mol. The van der Waals surface area contributed by atoms with Crippen LogP contribution in [0, 0.1) is 0 Å². The van der Waals surface area contributed by atoms with Crippen LogP contribution in [0.15, 0.2) is 46.1 Å². The maximum Gasteiger partial charge on any atom is 0.328 e. The maximum absolute atomic E-state index is 12.5. The lowest BCUT2D eigenvalue weighted by molar-refractivity contribution is -0.0570. The summed E-state index contributed by atoms with van der Waals surface area (Å²) in [4.78, 5) is 37.8. The summed E-state index contributed by atoms with van der Waals surface area (Å²) in [6.45, 7) is 0.758. The van der Waals surface area contributed by atoms with Crippen molar-refractivity contribution in [1.29, 1.82) is 0 Å². The quantitative estimate of drug-likeness (QED) is 0.401. The van der Waals surface area contributed by atoms with E-state index in [4.69, 9.17) is 10.5 Å². The van der Waals surface area contributed by atoms with E-state index in [2.05, 4.69) is 10.3 Å². The molecule has 2 aromatic rings. The van der Waals surface area contributed by atoms with Crippen molar-refractivity contribution in [2.24, 2.45) is 5.73 Å². The molecule has 1 aliphatic rings. The van der Waals surface area contributed by atoms with E-state index in [1.54, 1.807) is 24.3 Å². The number of hydrogen-bond acceptors (Lipinski definition) is 7. The van der Waals surface area contributed by atoms with Crippen molar-refractivity contribution >= 4 is 5.91 Å². The summed E-state index contributed by atoms with van der Waals surface area (Å²) in [6, 6.07) is 6.27. The van der Waals surface area contributed by atoms with E-state index in [0.717, 1.165) is 0 Å². The standard InChI is InChI=1S/C19H24N4O6/c20-8-10-29-12-3-1-11(2-4-12)18(27)21-13-5-6-14(17(26)16(13)25)23-9-7-15(24)22-19(23)28/h1-4,7,9,13-14,16-17,25-26H,5-6,8,10,20H2,(H,21,27)(H,22,24,28)/t13-,14-,16-,17-/m1/s1. The molecule has 1 amide bonds. The van der Waals surface area contributed by atoms with Crippen molar-refractivity contribution in [3.8, 4) is 5.75 Å². The first-order valence-electron chi connectivity index (χ1n) is 9.32. The first kappa shape index (κ1) is 20.8. The number of aliphatic hydroxyl groups excluding tert-OH is 2.